The largest absolute Gasteiger partial charge is 0.505 e. The molecule has 38 heavy (non-hydrogen) atoms. The van der Waals surface area contributed by atoms with Crippen LogP contribution in [0, 0.1) is 0 Å². The van der Waals surface area contributed by atoms with Gasteiger partial charge < -0.3 is 15.5 Å². The number of nitrogens with one attached hydrogen (secondary N) is 2. The lowest BCUT2D eigenvalue weighted by Gasteiger charge is -2.19. The molecule has 1 heterocycles. The van der Waals surface area contributed by atoms with E-state index in [0.29, 0.717) is 22.4 Å². The summed E-state index contributed by atoms with van der Waals surface area (Å²) >= 11 is 0. The molecule has 0 spiro atoms. The Balaban J connectivity index is 1.41. The van der Waals surface area contributed by atoms with E-state index in [-0.39, 0.29) is 34.0 Å². The van der Waals surface area contributed by atoms with Crippen molar-refractivity contribution in [2.24, 2.45) is 5.10 Å². The van der Waals surface area contributed by atoms with Gasteiger partial charge in [-0.2, -0.15) is 5.10 Å². The number of para-hydroxylation sites is 1. The molecule has 0 unspecified atom stereocenters. The Hall–Kier alpha value is -4.91. The molecule has 190 valence electrons. The molecular weight excluding hydrogens is 478 g/mol. The molecule has 7 heteroatoms. The first-order valence-corrected chi connectivity index (χ1v) is 12.2. The van der Waals surface area contributed by atoms with Gasteiger partial charge in [0.1, 0.15) is 5.75 Å². The van der Waals surface area contributed by atoms with Gasteiger partial charge in [-0.1, -0.05) is 75.4 Å². The number of nitrogens with zero attached hydrogens (tertiary/aromatic N) is 1. The van der Waals surface area contributed by atoms with Gasteiger partial charge in [-0.3, -0.25) is 10.2 Å². The van der Waals surface area contributed by atoms with Crippen LogP contribution < -0.4 is 10.7 Å². The van der Waals surface area contributed by atoms with Gasteiger partial charge in [0.2, 0.25) is 0 Å². The maximum atomic E-state index is 12.7. The van der Waals surface area contributed by atoms with Crippen LogP contribution in [-0.2, 0) is 10.2 Å². The van der Waals surface area contributed by atoms with Crippen LogP contribution in [0.2, 0.25) is 0 Å². The average molecular weight is 506 g/mol. The normalized spacial score (nSPS) is 13.8. The number of benzene rings is 4. The Labute approximate surface area is 220 Å². The van der Waals surface area contributed by atoms with E-state index in [1.54, 1.807) is 30.3 Å². The van der Waals surface area contributed by atoms with Gasteiger partial charge in [-0.25, -0.2) is 4.79 Å². The number of fused-ring (bicyclic) bond motifs is 1. The number of phenolic OH excluding ortho intramolecular Hbond substituents is 1. The highest BCUT2D eigenvalue weighted by Gasteiger charge is 2.27. The monoisotopic (exact) mass is 505 g/mol. The Kier molecular flexibility index (Phi) is 6.20. The summed E-state index contributed by atoms with van der Waals surface area (Å²) in [6.45, 7) is 6.53. The van der Waals surface area contributed by atoms with Crippen LogP contribution in [0.1, 0.15) is 42.3 Å². The van der Waals surface area contributed by atoms with Gasteiger partial charge in [0.15, 0.2) is 5.71 Å². The summed E-state index contributed by atoms with van der Waals surface area (Å²) in [5.74, 6) is -1.51. The quantitative estimate of drug-likeness (QED) is 0.183. The molecular formula is C31H27N3O4. The third-order valence-corrected chi connectivity index (χ3v) is 6.57. The number of anilines is 2. The molecule has 0 saturated heterocycles. The van der Waals surface area contributed by atoms with E-state index in [1.165, 1.54) is 17.7 Å². The van der Waals surface area contributed by atoms with E-state index in [1.807, 2.05) is 18.2 Å². The third kappa shape index (κ3) is 4.74. The van der Waals surface area contributed by atoms with Crippen molar-refractivity contribution >= 4 is 29.0 Å². The van der Waals surface area contributed by atoms with Crippen molar-refractivity contribution in [1.82, 2.24) is 0 Å². The first-order valence-electron chi connectivity index (χ1n) is 12.2. The summed E-state index contributed by atoms with van der Waals surface area (Å²) in [4.78, 5) is 24.1. The van der Waals surface area contributed by atoms with Crippen LogP contribution in [-0.4, -0.2) is 27.8 Å². The van der Waals surface area contributed by atoms with Crippen molar-refractivity contribution in [1.29, 1.82) is 0 Å². The fraction of sp³-hybridized carbons (Fsp3) is 0.129. The molecule has 0 bridgehead atoms. The highest BCUT2D eigenvalue weighted by Crippen LogP contribution is 2.36. The smallest absolute Gasteiger partial charge is 0.335 e. The topological polar surface area (TPSA) is 111 Å². The maximum Gasteiger partial charge on any atom is 0.335 e. The molecule has 1 aliphatic heterocycles. The van der Waals surface area contributed by atoms with Gasteiger partial charge in [0.05, 0.1) is 16.9 Å². The molecule has 0 aromatic heterocycles. The van der Waals surface area contributed by atoms with E-state index >= 15 is 0 Å². The van der Waals surface area contributed by atoms with E-state index in [4.69, 9.17) is 0 Å². The molecule has 5 rings (SSSR count). The number of hydrazone groups is 1. The minimum absolute atomic E-state index is 0.0687. The second kappa shape index (κ2) is 9.52. The number of phenols is 1. The standard InChI is InChI=1S/C31H27N3O4/c1-31(2,3)22-13-10-18(11-14-22)19-12-15-24-26(17-19)32-29(36)27(24)34-33-25-9-5-8-23(28(25)35)20-6-4-7-21(16-20)30(37)38/h4-17,33,35H,1-3H3,(H,37,38)(H,32,34,36). The molecule has 0 fully saturated rings. The molecule has 7 nitrogen and oxygen atoms in total. The molecule has 4 aromatic rings. The van der Waals surface area contributed by atoms with Crippen LogP contribution in [0.5, 0.6) is 5.75 Å². The number of carboxylic acids is 1. The summed E-state index contributed by atoms with van der Waals surface area (Å²) in [6, 6.07) is 25.5. The predicted molar refractivity (Wildman–Crippen MR) is 150 cm³/mol. The highest BCUT2D eigenvalue weighted by atomic mass is 16.4. The number of carbonyl (C=O) groups excluding carboxylic acids is 1. The fourth-order valence-corrected chi connectivity index (χ4v) is 4.41. The number of hydrogen-bond donors (Lipinski definition) is 4. The number of carbonyl (C=O) groups is 2. The van der Waals surface area contributed by atoms with E-state index in [2.05, 4.69) is 60.9 Å². The summed E-state index contributed by atoms with van der Waals surface area (Å²) in [6.07, 6.45) is 0. The van der Waals surface area contributed by atoms with Crippen molar-refractivity contribution in [2.45, 2.75) is 26.2 Å². The highest BCUT2D eigenvalue weighted by molar-refractivity contribution is 6.54. The van der Waals surface area contributed by atoms with Crippen molar-refractivity contribution in [3.8, 4) is 28.0 Å². The summed E-state index contributed by atoms with van der Waals surface area (Å²) in [7, 11) is 0. The Morgan fingerprint density at radius 1 is 0.842 bits per heavy atom. The number of carboxylic acid groups (broad SMARTS) is 1. The lowest BCUT2D eigenvalue weighted by Crippen LogP contribution is -2.15. The zero-order valence-corrected chi connectivity index (χ0v) is 21.2. The van der Waals surface area contributed by atoms with Crippen LogP contribution in [0.4, 0.5) is 11.4 Å². The molecule has 0 atom stereocenters. The van der Waals surface area contributed by atoms with Crippen molar-refractivity contribution < 1.29 is 19.8 Å². The van der Waals surface area contributed by atoms with Crippen LogP contribution in [0.15, 0.2) is 90.0 Å². The lowest BCUT2D eigenvalue weighted by molar-refractivity contribution is -0.110. The first-order chi connectivity index (χ1) is 18.1. The molecule has 0 aliphatic carbocycles. The van der Waals surface area contributed by atoms with E-state index in [9.17, 15) is 19.8 Å². The molecule has 4 aromatic carbocycles. The number of amides is 1. The van der Waals surface area contributed by atoms with Crippen molar-refractivity contribution in [2.75, 3.05) is 10.7 Å². The van der Waals surface area contributed by atoms with Crippen molar-refractivity contribution in [3.63, 3.8) is 0 Å². The maximum absolute atomic E-state index is 12.7. The molecule has 1 amide bonds. The van der Waals surface area contributed by atoms with Crippen molar-refractivity contribution in [3.05, 3.63) is 102 Å². The van der Waals surface area contributed by atoms with Gasteiger partial charge in [-0.05, 0) is 58.0 Å². The minimum atomic E-state index is -1.05. The van der Waals surface area contributed by atoms with Gasteiger partial charge in [0.25, 0.3) is 5.91 Å². The number of aromatic carboxylic acids is 1. The van der Waals surface area contributed by atoms with Crippen LogP contribution in [0.3, 0.4) is 0 Å². The Morgan fingerprint density at radius 3 is 2.26 bits per heavy atom. The number of hydrogen-bond acceptors (Lipinski definition) is 5. The molecule has 0 saturated carbocycles. The molecule has 1 aliphatic rings. The Bertz CT molecular complexity index is 1600. The van der Waals surface area contributed by atoms with Crippen LogP contribution >= 0.6 is 0 Å². The van der Waals surface area contributed by atoms with Gasteiger partial charge in [-0.15, -0.1) is 0 Å². The summed E-state index contributed by atoms with van der Waals surface area (Å²) in [5.41, 5.74) is 9.05. The molecule has 0 radical (unpaired) electrons. The predicted octanol–water partition coefficient (Wildman–Crippen LogP) is 6.49. The summed E-state index contributed by atoms with van der Waals surface area (Å²) < 4.78 is 0. The third-order valence-electron chi connectivity index (χ3n) is 6.57. The SMILES string of the molecule is CC(C)(C)c1ccc(-c2ccc3c(c2)NC(=O)C3=NNc2cccc(-c3cccc(C(=O)O)c3)c2O)cc1. The average Bonchev–Trinajstić information content (AvgIpc) is 3.21. The van der Waals surface area contributed by atoms with E-state index < -0.39 is 5.97 Å². The number of aromatic hydroxyl groups is 1. The lowest BCUT2D eigenvalue weighted by atomic mass is 9.86. The van der Waals surface area contributed by atoms with Crippen LogP contribution in [0.25, 0.3) is 22.3 Å². The summed E-state index contributed by atoms with van der Waals surface area (Å²) in [5, 5.41) is 27.3. The van der Waals surface area contributed by atoms with E-state index in [0.717, 1.165) is 11.1 Å². The first kappa shape index (κ1) is 24.8. The second-order valence-electron chi connectivity index (χ2n) is 10.2. The number of rotatable bonds is 5. The Morgan fingerprint density at radius 2 is 1.55 bits per heavy atom. The fourth-order valence-electron chi connectivity index (χ4n) is 4.41. The zero-order chi connectivity index (χ0) is 27.0. The van der Waals surface area contributed by atoms with Gasteiger partial charge >= 0.3 is 5.97 Å². The molecule has 4 N–H and O–H groups in total. The zero-order valence-electron chi connectivity index (χ0n) is 21.2. The van der Waals surface area contributed by atoms with Gasteiger partial charge in [0, 0.05) is 11.1 Å². The second-order valence-corrected chi connectivity index (χ2v) is 10.2. The minimum Gasteiger partial charge on any atom is -0.505 e.